The van der Waals surface area contributed by atoms with Crippen LogP contribution in [0.5, 0.6) is 0 Å². The van der Waals surface area contributed by atoms with Gasteiger partial charge in [0.05, 0.1) is 5.56 Å². The first-order chi connectivity index (χ1) is 11.2. The molecule has 0 saturated heterocycles. The van der Waals surface area contributed by atoms with E-state index in [1.165, 1.54) is 18.2 Å². The van der Waals surface area contributed by atoms with Crippen molar-refractivity contribution in [1.82, 2.24) is 5.16 Å². The normalized spacial score (nSPS) is 11.2. The maximum atomic E-state index is 12.8. The van der Waals surface area contributed by atoms with Crippen LogP contribution < -0.4 is 10.2 Å². The zero-order chi connectivity index (χ0) is 17.9. The highest BCUT2D eigenvalue weighted by atomic mass is 19.4. The maximum Gasteiger partial charge on any atom is 0.416 e. The van der Waals surface area contributed by atoms with Crippen LogP contribution >= 0.6 is 0 Å². The zero-order valence-electron chi connectivity index (χ0n) is 12.8. The minimum atomic E-state index is -4.54. The van der Waals surface area contributed by atoms with Crippen molar-refractivity contribution < 1.29 is 27.3 Å². The SMILES string of the molecule is CC(=O)N(CC(=O)Nc1cc(C)on1)c1cccc(C(F)(F)F)c1. The van der Waals surface area contributed by atoms with Gasteiger partial charge in [0.25, 0.3) is 0 Å². The highest BCUT2D eigenvalue weighted by molar-refractivity contribution is 6.01. The third-order valence-electron chi connectivity index (χ3n) is 3.06. The van der Waals surface area contributed by atoms with Gasteiger partial charge >= 0.3 is 6.18 Å². The zero-order valence-corrected chi connectivity index (χ0v) is 12.8. The van der Waals surface area contributed by atoms with E-state index in [0.717, 1.165) is 24.0 Å². The summed E-state index contributed by atoms with van der Waals surface area (Å²) in [7, 11) is 0. The van der Waals surface area contributed by atoms with Crippen molar-refractivity contribution in [3.63, 3.8) is 0 Å². The molecule has 0 fully saturated rings. The lowest BCUT2D eigenvalue weighted by Gasteiger charge is -2.21. The molecule has 0 aliphatic rings. The van der Waals surface area contributed by atoms with E-state index in [-0.39, 0.29) is 11.5 Å². The Bertz CT molecular complexity index is 756. The molecule has 0 radical (unpaired) electrons. The molecule has 2 rings (SSSR count). The molecule has 0 unspecified atom stereocenters. The summed E-state index contributed by atoms with van der Waals surface area (Å²) in [5.41, 5.74) is -0.928. The number of aromatic nitrogens is 1. The number of nitrogens with one attached hydrogen (secondary N) is 1. The van der Waals surface area contributed by atoms with Crippen LogP contribution in [0.3, 0.4) is 0 Å². The molecule has 1 aromatic carbocycles. The third kappa shape index (κ3) is 4.34. The van der Waals surface area contributed by atoms with E-state index in [0.29, 0.717) is 5.76 Å². The lowest BCUT2D eigenvalue weighted by atomic mass is 10.1. The molecule has 128 valence electrons. The van der Waals surface area contributed by atoms with Crippen molar-refractivity contribution >= 4 is 23.3 Å². The van der Waals surface area contributed by atoms with E-state index in [9.17, 15) is 22.8 Å². The lowest BCUT2D eigenvalue weighted by molar-refractivity contribution is -0.137. The predicted octanol–water partition coefficient (Wildman–Crippen LogP) is 2.99. The molecule has 24 heavy (non-hydrogen) atoms. The maximum absolute atomic E-state index is 12.8. The molecule has 0 aliphatic heterocycles. The van der Waals surface area contributed by atoms with E-state index >= 15 is 0 Å². The largest absolute Gasteiger partial charge is 0.416 e. The number of rotatable bonds is 4. The Labute approximate surface area is 135 Å². The average molecular weight is 341 g/mol. The summed E-state index contributed by atoms with van der Waals surface area (Å²) in [6, 6.07) is 5.67. The van der Waals surface area contributed by atoms with Gasteiger partial charge in [-0.3, -0.25) is 9.59 Å². The molecule has 6 nitrogen and oxygen atoms in total. The fourth-order valence-electron chi connectivity index (χ4n) is 1.99. The lowest BCUT2D eigenvalue weighted by Crippen LogP contribution is -2.36. The van der Waals surface area contributed by atoms with Crippen molar-refractivity contribution in [3.8, 4) is 0 Å². The number of hydrogen-bond acceptors (Lipinski definition) is 4. The highest BCUT2D eigenvalue weighted by Gasteiger charge is 2.31. The minimum absolute atomic E-state index is 0.0243. The van der Waals surface area contributed by atoms with Gasteiger partial charge < -0.3 is 14.7 Å². The first-order valence-electron chi connectivity index (χ1n) is 6.85. The Morgan fingerprint density at radius 3 is 2.54 bits per heavy atom. The topological polar surface area (TPSA) is 75.4 Å². The number of nitrogens with zero attached hydrogens (tertiary/aromatic N) is 2. The average Bonchev–Trinajstić information content (AvgIpc) is 2.89. The Kier molecular flexibility index (Phi) is 4.91. The van der Waals surface area contributed by atoms with Crippen molar-refractivity contribution in [2.75, 3.05) is 16.8 Å². The Morgan fingerprint density at radius 1 is 1.29 bits per heavy atom. The summed E-state index contributed by atoms with van der Waals surface area (Å²) in [6.45, 7) is 2.34. The first-order valence-corrected chi connectivity index (χ1v) is 6.85. The van der Waals surface area contributed by atoms with E-state index in [2.05, 4.69) is 10.5 Å². The number of amides is 2. The van der Waals surface area contributed by atoms with Crippen LogP contribution in [0.25, 0.3) is 0 Å². The highest BCUT2D eigenvalue weighted by Crippen LogP contribution is 2.31. The second-order valence-electron chi connectivity index (χ2n) is 5.02. The fourth-order valence-corrected chi connectivity index (χ4v) is 1.99. The second kappa shape index (κ2) is 6.73. The summed E-state index contributed by atoms with van der Waals surface area (Å²) in [5, 5.41) is 5.97. The molecule has 1 aromatic heterocycles. The van der Waals surface area contributed by atoms with Crippen molar-refractivity contribution in [3.05, 3.63) is 41.7 Å². The van der Waals surface area contributed by atoms with E-state index in [1.807, 2.05) is 0 Å². The molecule has 0 saturated carbocycles. The van der Waals surface area contributed by atoms with Crippen molar-refractivity contribution in [2.45, 2.75) is 20.0 Å². The monoisotopic (exact) mass is 341 g/mol. The van der Waals surface area contributed by atoms with Crippen molar-refractivity contribution in [2.24, 2.45) is 0 Å². The summed E-state index contributed by atoms with van der Waals surface area (Å²) in [4.78, 5) is 24.7. The van der Waals surface area contributed by atoms with Gasteiger partial charge in [0.15, 0.2) is 5.82 Å². The van der Waals surface area contributed by atoms with Gasteiger partial charge in [0, 0.05) is 18.7 Å². The smallest absolute Gasteiger partial charge is 0.360 e. The number of anilines is 2. The van der Waals surface area contributed by atoms with Gasteiger partial charge in [-0.05, 0) is 25.1 Å². The van der Waals surface area contributed by atoms with Crippen LogP contribution in [-0.2, 0) is 15.8 Å². The molecule has 0 atom stereocenters. The van der Waals surface area contributed by atoms with Crippen LogP contribution in [0.1, 0.15) is 18.2 Å². The molecule has 0 aliphatic carbocycles. The second-order valence-corrected chi connectivity index (χ2v) is 5.02. The Hall–Kier alpha value is -2.84. The number of carbonyl (C=O) groups is 2. The number of aryl methyl sites for hydroxylation is 1. The molecular weight excluding hydrogens is 327 g/mol. The number of carbonyl (C=O) groups excluding carboxylic acids is 2. The quantitative estimate of drug-likeness (QED) is 0.928. The summed E-state index contributed by atoms with van der Waals surface area (Å²) in [5.74, 6) is -0.548. The third-order valence-corrected chi connectivity index (χ3v) is 3.06. The summed E-state index contributed by atoms with van der Waals surface area (Å²) < 4.78 is 43.1. The number of alkyl halides is 3. The van der Waals surface area contributed by atoms with Gasteiger partial charge in [-0.25, -0.2) is 0 Å². The molecule has 1 N–H and O–H groups in total. The molecule has 1 heterocycles. The number of benzene rings is 1. The van der Waals surface area contributed by atoms with Crippen molar-refractivity contribution in [1.29, 1.82) is 0 Å². The standard InChI is InChI=1S/C15H14F3N3O3/c1-9-6-13(20-24-9)19-14(23)8-21(10(2)22)12-5-3-4-11(7-12)15(16,17)18/h3-7H,8H2,1-2H3,(H,19,20,23). The molecule has 0 spiro atoms. The van der Waals surface area contributed by atoms with Crippen LogP contribution in [0.15, 0.2) is 34.9 Å². The fraction of sp³-hybridized carbons (Fsp3) is 0.267. The van der Waals surface area contributed by atoms with E-state index < -0.39 is 30.1 Å². The van der Waals surface area contributed by atoms with Crippen LogP contribution in [0.4, 0.5) is 24.7 Å². The van der Waals surface area contributed by atoms with Gasteiger partial charge in [-0.1, -0.05) is 11.2 Å². The number of hydrogen-bond donors (Lipinski definition) is 1. The minimum Gasteiger partial charge on any atom is -0.360 e. The van der Waals surface area contributed by atoms with Gasteiger partial charge in [-0.15, -0.1) is 0 Å². The Morgan fingerprint density at radius 2 is 2.00 bits per heavy atom. The van der Waals surface area contributed by atoms with Crippen LogP contribution in [-0.4, -0.2) is 23.5 Å². The Balaban J connectivity index is 2.17. The van der Waals surface area contributed by atoms with E-state index in [4.69, 9.17) is 4.52 Å². The van der Waals surface area contributed by atoms with Gasteiger partial charge in [0.2, 0.25) is 11.8 Å². The molecular formula is C15H14F3N3O3. The molecule has 9 heteroatoms. The van der Waals surface area contributed by atoms with Crippen LogP contribution in [0.2, 0.25) is 0 Å². The predicted molar refractivity (Wildman–Crippen MR) is 79.3 cm³/mol. The first kappa shape index (κ1) is 17.5. The van der Waals surface area contributed by atoms with Gasteiger partial charge in [-0.2, -0.15) is 13.2 Å². The molecule has 2 aromatic rings. The summed E-state index contributed by atoms with van der Waals surface area (Å²) in [6.07, 6.45) is -4.54. The van der Waals surface area contributed by atoms with Gasteiger partial charge in [0.1, 0.15) is 12.3 Å². The number of halogens is 3. The molecule has 0 bridgehead atoms. The summed E-state index contributed by atoms with van der Waals surface area (Å²) >= 11 is 0. The van der Waals surface area contributed by atoms with E-state index in [1.54, 1.807) is 6.92 Å². The van der Waals surface area contributed by atoms with Crippen LogP contribution in [0, 0.1) is 6.92 Å². The molecule has 2 amide bonds.